The highest BCUT2D eigenvalue weighted by molar-refractivity contribution is 5.91. The summed E-state index contributed by atoms with van der Waals surface area (Å²) in [5.74, 6) is 1.53. The number of rotatable bonds is 8. The van der Waals surface area contributed by atoms with Crippen molar-refractivity contribution in [2.75, 3.05) is 18.4 Å². The number of hydrogen-bond acceptors (Lipinski definition) is 3. The van der Waals surface area contributed by atoms with Crippen molar-refractivity contribution in [3.8, 4) is 0 Å². The topological polar surface area (TPSA) is 59.0 Å². The van der Waals surface area contributed by atoms with Crippen molar-refractivity contribution < 1.29 is 4.79 Å². The summed E-state index contributed by atoms with van der Waals surface area (Å²) in [5.41, 5.74) is 1.27. The van der Waals surface area contributed by atoms with E-state index in [1.807, 2.05) is 28.9 Å². The highest BCUT2D eigenvalue weighted by Crippen LogP contribution is 2.27. The van der Waals surface area contributed by atoms with Gasteiger partial charge in [0.2, 0.25) is 5.91 Å². The van der Waals surface area contributed by atoms with Gasteiger partial charge in [-0.15, -0.1) is 0 Å². The molecule has 1 aromatic heterocycles. The van der Waals surface area contributed by atoms with Crippen LogP contribution in [0.3, 0.4) is 0 Å². The minimum Gasteiger partial charge on any atom is -0.310 e. The van der Waals surface area contributed by atoms with E-state index in [2.05, 4.69) is 27.9 Å². The molecule has 0 aliphatic heterocycles. The fourth-order valence-electron chi connectivity index (χ4n) is 2.40. The lowest BCUT2D eigenvalue weighted by molar-refractivity contribution is -0.115. The molecule has 116 valence electrons. The predicted molar refractivity (Wildman–Crippen MR) is 86.6 cm³/mol. The molecular weight excluding hydrogens is 276 g/mol. The van der Waals surface area contributed by atoms with Gasteiger partial charge >= 0.3 is 0 Å². The van der Waals surface area contributed by atoms with E-state index in [9.17, 15) is 4.79 Å². The Bertz CT molecular complexity index is 604. The van der Waals surface area contributed by atoms with Crippen LogP contribution >= 0.6 is 0 Å². The first-order valence-corrected chi connectivity index (χ1v) is 7.87. The smallest absolute Gasteiger partial charge is 0.239 e. The van der Waals surface area contributed by atoms with Crippen LogP contribution in [0, 0.1) is 5.92 Å². The maximum Gasteiger partial charge on any atom is 0.239 e. The first kappa shape index (κ1) is 14.8. The highest BCUT2D eigenvalue weighted by atomic mass is 16.2. The Morgan fingerprint density at radius 3 is 2.82 bits per heavy atom. The molecule has 1 fully saturated rings. The van der Waals surface area contributed by atoms with Crippen LogP contribution in [0.1, 0.15) is 18.4 Å². The number of nitrogens with zero attached hydrogens (tertiary/aromatic N) is 2. The monoisotopic (exact) mass is 298 g/mol. The summed E-state index contributed by atoms with van der Waals surface area (Å²) in [6.45, 7) is 2.06. The number of carbonyl (C=O) groups is 1. The lowest BCUT2D eigenvalue weighted by atomic mass is 10.1. The van der Waals surface area contributed by atoms with E-state index in [-0.39, 0.29) is 5.91 Å². The second kappa shape index (κ2) is 7.22. The second-order valence-corrected chi connectivity index (χ2v) is 5.80. The molecule has 1 aromatic carbocycles. The van der Waals surface area contributed by atoms with Gasteiger partial charge in [-0.1, -0.05) is 30.3 Å². The Hall–Kier alpha value is -2.14. The average molecular weight is 298 g/mol. The summed E-state index contributed by atoms with van der Waals surface area (Å²) in [4.78, 5) is 11.9. The van der Waals surface area contributed by atoms with Gasteiger partial charge < -0.3 is 10.6 Å². The lowest BCUT2D eigenvalue weighted by Gasteiger charge is -2.09. The van der Waals surface area contributed by atoms with Gasteiger partial charge in [-0.2, -0.15) is 5.10 Å². The molecular formula is C17H22N4O. The van der Waals surface area contributed by atoms with Gasteiger partial charge in [0.1, 0.15) is 5.82 Å². The van der Waals surface area contributed by atoms with Gasteiger partial charge in [-0.25, -0.2) is 4.68 Å². The molecule has 0 saturated heterocycles. The van der Waals surface area contributed by atoms with Crippen LogP contribution in [-0.2, 0) is 17.8 Å². The molecule has 1 saturated carbocycles. The molecule has 5 nitrogen and oxygen atoms in total. The molecule has 1 aliphatic rings. The van der Waals surface area contributed by atoms with Crippen molar-refractivity contribution in [3.05, 3.63) is 48.2 Å². The van der Waals surface area contributed by atoms with E-state index in [1.165, 1.54) is 18.4 Å². The first-order chi connectivity index (χ1) is 10.8. The number of benzene rings is 1. The number of amides is 1. The largest absolute Gasteiger partial charge is 0.310 e. The number of anilines is 1. The van der Waals surface area contributed by atoms with E-state index in [0.717, 1.165) is 31.2 Å². The summed E-state index contributed by atoms with van der Waals surface area (Å²) in [5, 5.41) is 10.4. The minimum absolute atomic E-state index is 0.0119. The predicted octanol–water partition coefficient (Wildman–Crippen LogP) is 2.06. The molecule has 1 heterocycles. The number of aryl methyl sites for hydroxylation is 2. The summed E-state index contributed by atoms with van der Waals surface area (Å²) in [7, 11) is 0. The Kier molecular flexibility index (Phi) is 4.85. The molecule has 2 N–H and O–H groups in total. The standard InChI is InChI=1S/C17H22N4O/c22-17(13-18-12-15-6-7-15)20-16-8-10-19-21(16)11-9-14-4-2-1-3-5-14/h1-5,8,10,15,18H,6-7,9,11-13H2,(H,20,22). The van der Waals surface area contributed by atoms with Gasteiger partial charge in [0.25, 0.3) is 0 Å². The van der Waals surface area contributed by atoms with Crippen LogP contribution in [0.15, 0.2) is 42.6 Å². The number of aromatic nitrogens is 2. The zero-order chi connectivity index (χ0) is 15.2. The molecule has 0 bridgehead atoms. The lowest BCUT2D eigenvalue weighted by Crippen LogP contribution is -2.30. The van der Waals surface area contributed by atoms with Crippen LogP contribution in [0.2, 0.25) is 0 Å². The Labute approximate surface area is 130 Å². The van der Waals surface area contributed by atoms with E-state index in [4.69, 9.17) is 0 Å². The van der Waals surface area contributed by atoms with Crippen LogP contribution in [0.25, 0.3) is 0 Å². The molecule has 0 atom stereocenters. The molecule has 2 aromatic rings. The van der Waals surface area contributed by atoms with Gasteiger partial charge in [0.05, 0.1) is 12.7 Å². The van der Waals surface area contributed by atoms with Crippen molar-refractivity contribution in [3.63, 3.8) is 0 Å². The summed E-state index contributed by atoms with van der Waals surface area (Å²) < 4.78 is 1.84. The van der Waals surface area contributed by atoms with Crippen molar-refractivity contribution >= 4 is 11.7 Å². The Morgan fingerprint density at radius 2 is 2.05 bits per heavy atom. The fourth-order valence-corrected chi connectivity index (χ4v) is 2.40. The quantitative estimate of drug-likeness (QED) is 0.784. The van der Waals surface area contributed by atoms with Gasteiger partial charge in [0.15, 0.2) is 0 Å². The van der Waals surface area contributed by atoms with Crippen molar-refractivity contribution in [1.29, 1.82) is 0 Å². The van der Waals surface area contributed by atoms with E-state index >= 15 is 0 Å². The Morgan fingerprint density at radius 1 is 1.23 bits per heavy atom. The Balaban J connectivity index is 1.47. The first-order valence-electron chi connectivity index (χ1n) is 7.87. The van der Waals surface area contributed by atoms with Crippen molar-refractivity contribution in [2.45, 2.75) is 25.8 Å². The van der Waals surface area contributed by atoms with Crippen LogP contribution < -0.4 is 10.6 Å². The van der Waals surface area contributed by atoms with Crippen molar-refractivity contribution in [2.24, 2.45) is 5.92 Å². The molecule has 3 rings (SSSR count). The summed E-state index contributed by atoms with van der Waals surface area (Å²) >= 11 is 0. The molecule has 0 radical (unpaired) electrons. The molecule has 0 spiro atoms. The molecule has 5 heteroatoms. The average Bonchev–Trinajstić information content (AvgIpc) is 3.25. The molecule has 22 heavy (non-hydrogen) atoms. The highest BCUT2D eigenvalue weighted by Gasteiger charge is 2.20. The van der Waals surface area contributed by atoms with Gasteiger partial charge in [0, 0.05) is 12.6 Å². The summed E-state index contributed by atoms with van der Waals surface area (Å²) in [6, 6.07) is 12.1. The fraction of sp³-hybridized carbons (Fsp3) is 0.412. The molecule has 0 unspecified atom stereocenters. The number of nitrogens with one attached hydrogen (secondary N) is 2. The van der Waals surface area contributed by atoms with Crippen LogP contribution in [-0.4, -0.2) is 28.8 Å². The zero-order valence-electron chi connectivity index (χ0n) is 12.7. The van der Waals surface area contributed by atoms with Crippen LogP contribution in [0.5, 0.6) is 0 Å². The third-order valence-corrected chi connectivity index (χ3v) is 3.85. The SMILES string of the molecule is O=C(CNCC1CC1)Nc1ccnn1CCc1ccccc1. The summed E-state index contributed by atoms with van der Waals surface area (Å²) in [6.07, 6.45) is 5.20. The van der Waals surface area contributed by atoms with Crippen LogP contribution in [0.4, 0.5) is 5.82 Å². The maximum absolute atomic E-state index is 11.9. The van der Waals surface area contributed by atoms with Gasteiger partial charge in [-0.05, 0) is 37.3 Å². The number of carbonyl (C=O) groups excluding carboxylic acids is 1. The number of hydrogen-bond donors (Lipinski definition) is 2. The van der Waals surface area contributed by atoms with Gasteiger partial charge in [-0.3, -0.25) is 4.79 Å². The van der Waals surface area contributed by atoms with E-state index in [0.29, 0.717) is 6.54 Å². The zero-order valence-corrected chi connectivity index (χ0v) is 12.7. The van der Waals surface area contributed by atoms with E-state index < -0.39 is 0 Å². The molecule has 1 aliphatic carbocycles. The normalized spacial score (nSPS) is 14.0. The third-order valence-electron chi connectivity index (χ3n) is 3.85. The maximum atomic E-state index is 11.9. The van der Waals surface area contributed by atoms with Crippen molar-refractivity contribution in [1.82, 2.24) is 15.1 Å². The molecule has 1 amide bonds. The second-order valence-electron chi connectivity index (χ2n) is 5.80. The van der Waals surface area contributed by atoms with E-state index in [1.54, 1.807) is 6.20 Å². The minimum atomic E-state index is -0.0119. The third kappa shape index (κ3) is 4.43.